The van der Waals surface area contributed by atoms with Crippen LogP contribution >= 0.6 is 0 Å². The van der Waals surface area contributed by atoms with Crippen LogP contribution in [-0.2, 0) is 19.1 Å². The monoisotopic (exact) mass is 917 g/mol. The lowest BCUT2D eigenvalue weighted by atomic mass is 10.0. The molecule has 0 aliphatic rings. The molecule has 1 atom stereocenters. The van der Waals surface area contributed by atoms with Gasteiger partial charge in [0, 0.05) is 12.8 Å². The first-order valence-corrected chi connectivity index (χ1v) is 29.7. The molecule has 0 rings (SSSR count). The Morgan fingerprint density at radius 2 is 0.569 bits per heavy atom. The second kappa shape index (κ2) is 57.0. The molecule has 0 aromatic rings. The average molecular weight is 918 g/mol. The molecular formula is C60H116O5. The number of hydrogen-bond donors (Lipinski definition) is 1. The molecule has 0 spiro atoms. The fraction of sp³-hybridized carbons (Fsp3) is 0.933. The zero-order chi connectivity index (χ0) is 47.0. The molecule has 1 N–H and O–H groups in total. The van der Waals surface area contributed by atoms with E-state index in [4.69, 9.17) is 9.47 Å². The summed E-state index contributed by atoms with van der Waals surface area (Å²) in [6, 6.07) is 0. The Balaban J connectivity index is 3.40. The highest BCUT2D eigenvalue weighted by Gasteiger charge is 2.16. The van der Waals surface area contributed by atoms with Gasteiger partial charge in [0.1, 0.15) is 6.61 Å². The van der Waals surface area contributed by atoms with Crippen molar-refractivity contribution in [3.63, 3.8) is 0 Å². The van der Waals surface area contributed by atoms with Crippen LogP contribution in [-0.4, -0.2) is 36.4 Å². The molecule has 0 heterocycles. The van der Waals surface area contributed by atoms with Gasteiger partial charge in [-0.3, -0.25) is 9.59 Å². The van der Waals surface area contributed by atoms with Crippen LogP contribution in [0.15, 0.2) is 12.2 Å². The Kier molecular flexibility index (Phi) is 55.8. The van der Waals surface area contributed by atoms with Crippen LogP contribution in [0.4, 0.5) is 0 Å². The van der Waals surface area contributed by atoms with Crippen LogP contribution in [0.2, 0.25) is 0 Å². The van der Waals surface area contributed by atoms with Crippen molar-refractivity contribution < 1.29 is 24.2 Å². The Hall–Kier alpha value is -1.36. The summed E-state index contributed by atoms with van der Waals surface area (Å²) in [5.74, 6) is -0.568. The molecule has 5 heteroatoms. The van der Waals surface area contributed by atoms with E-state index in [2.05, 4.69) is 26.0 Å². The van der Waals surface area contributed by atoms with Crippen LogP contribution < -0.4 is 0 Å². The van der Waals surface area contributed by atoms with Crippen molar-refractivity contribution in [3.8, 4) is 0 Å². The van der Waals surface area contributed by atoms with Gasteiger partial charge in [0.25, 0.3) is 0 Å². The lowest BCUT2D eigenvalue weighted by molar-refractivity contribution is -0.161. The Labute approximate surface area is 407 Å². The summed E-state index contributed by atoms with van der Waals surface area (Å²) in [5.41, 5.74) is 0. The molecule has 5 nitrogen and oxygen atoms in total. The van der Waals surface area contributed by atoms with Crippen LogP contribution in [0.25, 0.3) is 0 Å². The van der Waals surface area contributed by atoms with Crippen molar-refractivity contribution in [2.75, 3.05) is 13.2 Å². The minimum Gasteiger partial charge on any atom is -0.462 e. The number of carbonyl (C=O) groups excluding carboxylic acids is 2. The van der Waals surface area contributed by atoms with Gasteiger partial charge in [-0.15, -0.1) is 0 Å². The molecule has 0 bridgehead atoms. The lowest BCUT2D eigenvalue weighted by Gasteiger charge is -2.15. The summed E-state index contributed by atoms with van der Waals surface area (Å²) < 4.78 is 10.7. The van der Waals surface area contributed by atoms with E-state index in [0.717, 1.165) is 32.1 Å². The van der Waals surface area contributed by atoms with Crippen molar-refractivity contribution in [2.24, 2.45) is 0 Å². The summed E-state index contributed by atoms with van der Waals surface area (Å²) in [7, 11) is 0. The third-order valence-corrected chi connectivity index (χ3v) is 13.8. The Bertz CT molecular complexity index is 948. The third kappa shape index (κ3) is 55.1. The van der Waals surface area contributed by atoms with Gasteiger partial charge >= 0.3 is 11.9 Å². The summed E-state index contributed by atoms with van der Waals surface area (Å²) >= 11 is 0. The molecule has 0 saturated heterocycles. The fourth-order valence-electron chi connectivity index (χ4n) is 9.32. The average Bonchev–Trinajstić information content (AvgIpc) is 3.31. The van der Waals surface area contributed by atoms with Gasteiger partial charge in [0.15, 0.2) is 6.10 Å². The first-order valence-electron chi connectivity index (χ1n) is 29.7. The predicted octanol–water partition coefficient (Wildman–Crippen LogP) is 19.9. The van der Waals surface area contributed by atoms with Gasteiger partial charge in [-0.05, 0) is 38.5 Å². The zero-order valence-corrected chi connectivity index (χ0v) is 44.3. The number of aliphatic hydroxyl groups excluding tert-OH is 1. The normalized spacial score (nSPS) is 12.1. The standard InChI is InChI=1S/C60H116O5/c1-3-5-7-9-11-13-15-17-19-21-23-25-27-28-29-30-31-33-34-36-38-40-42-44-46-48-50-52-54-59(62)64-57-58(56-61)65-60(63)55-53-51-49-47-45-43-41-39-37-35-32-26-24-22-20-18-16-14-12-10-8-6-4-2/h22,24,58,61H,3-21,23,25-57H2,1-2H3/b24-22-. The summed E-state index contributed by atoms with van der Waals surface area (Å²) in [4.78, 5) is 24.5. The largest absolute Gasteiger partial charge is 0.462 e. The molecule has 386 valence electrons. The van der Waals surface area contributed by atoms with Crippen LogP contribution in [0.3, 0.4) is 0 Å². The molecule has 0 aliphatic heterocycles. The van der Waals surface area contributed by atoms with Crippen molar-refractivity contribution >= 4 is 11.9 Å². The fourth-order valence-corrected chi connectivity index (χ4v) is 9.32. The van der Waals surface area contributed by atoms with E-state index in [0.29, 0.717) is 12.8 Å². The smallest absolute Gasteiger partial charge is 0.306 e. The topological polar surface area (TPSA) is 72.8 Å². The molecule has 0 fully saturated rings. The molecule has 0 aromatic carbocycles. The first kappa shape index (κ1) is 63.6. The van der Waals surface area contributed by atoms with Crippen LogP contribution in [0.5, 0.6) is 0 Å². The number of unbranched alkanes of at least 4 members (excludes halogenated alkanes) is 46. The first-order chi connectivity index (χ1) is 32.1. The number of carbonyl (C=O) groups is 2. The van der Waals surface area contributed by atoms with Gasteiger partial charge in [-0.2, -0.15) is 0 Å². The van der Waals surface area contributed by atoms with E-state index in [9.17, 15) is 14.7 Å². The molecule has 0 amide bonds. The molecule has 65 heavy (non-hydrogen) atoms. The van der Waals surface area contributed by atoms with E-state index in [1.54, 1.807) is 0 Å². The highest BCUT2D eigenvalue weighted by molar-refractivity contribution is 5.70. The van der Waals surface area contributed by atoms with Crippen molar-refractivity contribution in [1.82, 2.24) is 0 Å². The van der Waals surface area contributed by atoms with Gasteiger partial charge in [-0.25, -0.2) is 0 Å². The van der Waals surface area contributed by atoms with E-state index < -0.39 is 6.10 Å². The number of allylic oxidation sites excluding steroid dienone is 2. The van der Waals surface area contributed by atoms with Gasteiger partial charge < -0.3 is 14.6 Å². The van der Waals surface area contributed by atoms with Crippen LogP contribution in [0, 0.1) is 0 Å². The number of esters is 2. The number of rotatable bonds is 56. The summed E-state index contributed by atoms with van der Waals surface area (Å²) in [6.45, 7) is 4.20. The molecule has 0 saturated carbocycles. The predicted molar refractivity (Wildman–Crippen MR) is 284 cm³/mol. The molecular weight excluding hydrogens is 801 g/mol. The van der Waals surface area contributed by atoms with Crippen molar-refractivity contribution in [3.05, 3.63) is 12.2 Å². The van der Waals surface area contributed by atoms with Gasteiger partial charge in [-0.1, -0.05) is 302 Å². The second-order valence-corrected chi connectivity index (χ2v) is 20.4. The van der Waals surface area contributed by atoms with Crippen molar-refractivity contribution in [1.29, 1.82) is 0 Å². The minimum absolute atomic E-state index is 0.0585. The molecule has 0 aliphatic carbocycles. The summed E-state index contributed by atoms with van der Waals surface area (Å²) in [6.07, 6.45) is 70.6. The third-order valence-electron chi connectivity index (χ3n) is 13.8. The number of ether oxygens (including phenoxy) is 2. The van der Waals surface area contributed by atoms with E-state index in [1.807, 2.05) is 0 Å². The maximum Gasteiger partial charge on any atom is 0.306 e. The SMILES string of the molecule is CCCCCCCCCC/C=C\CCCCCCCCCCCCCC(=O)OC(CO)COC(=O)CCCCCCCCCCCCCCCCCCCCCCCCCCCCCC. The zero-order valence-electron chi connectivity index (χ0n) is 44.3. The molecule has 0 radical (unpaired) electrons. The lowest BCUT2D eigenvalue weighted by Crippen LogP contribution is -2.28. The van der Waals surface area contributed by atoms with E-state index in [-0.39, 0.29) is 25.2 Å². The molecule has 1 unspecified atom stereocenters. The Morgan fingerprint density at radius 3 is 0.831 bits per heavy atom. The highest BCUT2D eigenvalue weighted by atomic mass is 16.6. The van der Waals surface area contributed by atoms with Gasteiger partial charge in [0.2, 0.25) is 0 Å². The van der Waals surface area contributed by atoms with Gasteiger partial charge in [0.05, 0.1) is 6.61 Å². The van der Waals surface area contributed by atoms with E-state index >= 15 is 0 Å². The summed E-state index contributed by atoms with van der Waals surface area (Å²) in [5, 5.41) is 9.66. The van der Waals surface area contributed by atoms with E-state index in [1.165, 1.54) is 283 Å². The quantitative estimate of drug-likeness (QED) is 0.0374. The maximum atomic E-state index is 12.3. The second-order valence-electron chi connectivity index (χ2n) is 20.4. The number of hydrogen-bond acceptors (Lipinski definition) is 5. The number of aliphatic hydroxyl groups is 1. The van der Waals surface area contributed by atoms with Crippen LogP contribution in [0.1, 0.15) is 341 Å². The molecule has 0 aromatic heterocycles. The van der Waals surface area contributed by atoms with Crippen molar-refractivity contribution in [2.45, 2.75) is 347 Å². The Morgan fingerprint density at radius 1 is 0.338 bits per heavy atom. The maximum absolute atomic E-state index is 12.3. The highest BCUT2D eigenvalue weighted by Crippen LogP contribution is 2.18. The minimum atomic E-state index is -0.767.